The topological polar surface area (TPSA) is 33.0 Å². The van der Waals surface area contributed by atoms with Crippen molar-refractivity contribution in [3.63, 3.8) is 0 Å². The molecule has 2 heteroatoms. The van der Waals surface area contributed by atoms with Crippen LogP contribution >= 0.6 is 0 Å². The third kappa shape index (κ3) is 3.00. The second-order valence-electron chi connectivity index (χ2n) is 5.96. The number of ether oxygens (including phenoxy) is 1. The minimum atomic E-state index is -0.00586. The van der Waals surface area contributed by atoms with Crippen LogP contribution in [0, 0.1) is 18.3 Å². The molecule has 2 nitrogen and oxygen atoms in total. The molecular weight excluding hydrogens is 246 g/mol. The lowest BCUT2D eigenvalue weighted by Gasteiger charge is -2.22. The van der Waals surface area contributed by atoms with Gasteiger partial charge >= 0.3 is 0 Å². The molecular formula is C18H19NO. The van der Waals surface area contributed by atoms with Crippen molar-refractivity contribution in [1.82, 2.24) is 0 Å². The van der Waals surface area contributed by atoms with Gasteiger partial charge in [-0.3, -0.25) is 0 Å². The Balaban J connectivity index is 2.44. The van der Waals surface area contributed by atoms with Crippen molar-refractivity contribution < 1.29 is 4.74 Å². The standard InChI is InChI=1S/C18H19NO/c1-13-9-10-16(14(11-13)12-19)20-17-8-6-5-7-15(17)18(2,3)4/h5-11H,1-4H3. The molecule has 0 amide bonds. The van der Waals surface area contributed by atoms with Crippen LogP contribution in [-0.4, -0.2) is 0 Å². The van der Waals surface area contributed by atoms with E-state index in [2.05, 4.69) is 32.9 Å². The van der Waals surface area contributed by atoms with E-state index >= 15 is 0 Å². The van der Waals surface area contributed by atoms with Gasteiger partial charge in [-0.25, -0.2) is 0 Å². The Morgan fingerprint density at radius 2 is 1.70 bits per heavy atom. The fraction of sp³-hybridized carbons (Fsp3) is 0.278. The van der Waals surface area contributed by atoms with Crippen LogP contribution in [0.5, 0.6) is 11.5 Å². The van der Waals surface area contributed by atoms with Crippen LogP contribution < -0.4 is 4.74 Å². The highest BCUT2D eigenvalue weighted by molar-refractivity contribution is 5.49. The van der Waals surface area contributed by atoms with Crippen LogP contribution in [0.15, 0.2) is 42.5 Å². The van der Waals surface area contributed by atoms with E-state index in [1.165, 1.54) is 0 Å². The van der Waals surface area contributed by atoms with Gasteiger partial charge in [-0.2, -0.15) is 5.26 Å². The molecule has 0 aromatic heterocycles. The monoisotopic (exact) mass is 265 g/mol. The van der Waals surface area contributed by atoms with E-state index in [9.17, 15) is 5.26 Å². The Hall–Kier alpha value is -2.27. The van der Waals surface area contributed by atoms with Gasteiger partial charge in [-0.05, 0) is 36.1 Å². The summed E-state index contributed by atoms with van der Waals surface area (Å²) >= 11 is 0. The molecule has 0 heterocycles. The van der Waals surface area contributed by atoms with Crippen molar-refractivity contribution in [1.29, 1.82) is 5.26 Å². The second kappa shape index (κ2) is 5.38. The van der Waals surface area contributed by atoms with Crippen LogP contribution in [0.25, 0.3) is 0 Å². The molecule has 0 saturated carbocycles. The first-order chi connectivity index (χ1) is 9.41. The summed E-state index contributed by atoms with van der Waals surface area (Å²) in [7, 11) is 0. The van der Waals surface area contributed by atoms with Gasteiger partial charge in [0.1, 0.15) is 17.6 Å². The molecule has 0 bridgehead atoms. The summed E-state index contributed by atoms with van der Waals surface area (Å²) in [5, 5.41) is 9.22. The number of nitriles is 1. The quantitative estimate of drug-likeness (QED) is 0.769. The molecule has 0 spiro atoms. The first-order valence-corrected chi connectivity index (χ1v) is 6.70. The Labute approximate surface area is 120 Å². The molecule has 0 aliphatic rings. The first kappa shape index (κ1) is 14.1. The maximum atomic E-state index is 9.22. The van der Waals surface area contributed by atoms with E-state index < -0.39 is 0 Å². The lowest BCUT2D eigenvalue weighted by atomic mass is 9.86. The summed E-state index contributed by atoms with van der Waals surface area (Å²) in [6, 6.07) is 15.8. The van der Waals surface area contributed by atoms with Crippen molar-refractivity contribution in [3.8, 4) is 17.6 Å². The van der Waals surface area contributed by atoms with Crippen LogP contribution in [-0.2, 0) is 5.41 Å². The molecule has 2 rings (SSSR count). The van der Waals surface area contributed by atoms with Crippen molar-refractivity contribution in [2.45, 2.75) is 33.1 Å². The fourth-order valence-corrected chi connectivity index (χ4v) is 2.11. The van der Waals surface area contributed by atoms with Gasteiger partial charge in [0.25, 0.3) is 0 Å². The minimum absolute atomic E-state index is 0.00586. The summed E-state index contributed by atoms with van der Waals surface area (Å²) in [5.41, 5.74) is 2.74. The molecule has 102 valence electrons. The van der Waals surface area contributed by atoms with Gasteiger partial charge in [0.15, 0.2) is 0 Å². The van der Waals surface area contributed by atoms with Gasteiger partial charge < -0.3 is 4.74 Å². The Morgan fingerprint density at radius 1 is 1.00 bits per heavy atom. The summed E-state index contributed by atoms with van der Waals surface area (Å²) in [6.45, 7) is 8.41. The van der Waals surface area contributed by atoms with Crippen molar-refractivity contribution in [2.75, 3.05) is 0 Å². The average Bonchev–Trinajstić information content (AvgIpc) is 2.40. The van der Waals surface area contributed by atoms with Gasteiger partial charge in [-0.1, -0.05) is 45.0 Å². The van der Waals surface area contributed by atoms with Gasteiger partial charge in [0.05, 0.1) is 5.56 Å². The van der Waals surface area contributed by atoms with Gasteiger partial charge in [-0.15, -0.1) is 0 Å². The number of hydrogen-bond acceptors (Lipinski definition) is 2. The molecule has 0 fully saturated rings. The third-order valence-corrected chi connectivity index (χ3v) is 3.17. The molecule has 0 aliphatic heterocycles. The van der Waals surface area contributed by atoms with E-state index in [-0.39, 0.29) is 5.41 Å². The molecule has 2 aromatic carbocycles. The van der Waals surface area contributed by atoms with Crippen LogP contribution in [0.3, 0.4) is 0 Å². The zero-order valence-corrected chi connectivity index (χ0v) is 12.4. The highest BCUT2D eigenvalue weighted by Crippen LogP contribution is 2.35. The lowest BCUT2D eigenvalue weighted by Crippen LogP contribution is -2.12. The van der Waals surface area contributed by atoms with Crippen molar-refractivity contribution in [2.24, 2.45) is 0 Å². The van der Waals surface area contributed by atoms with E-state index in [1.54, 1.807) is 0 Å². The SMILES string of the molecule is Cc1ccc(Oc2ccccc2C(C)(C)C)c(C#N)c1. The normalized spacial score (nSPS) is 10.9. The third-order valence-electron chi connectivity index (χ3n) is 3.17. The van der Waals surface area contributed by atoms with E-state index in [4.69, 9.17) is 4.74 Å². The smallest absolute Gasteiger partial charge is 0.145 e. The molecule has 0 radical (unpaired) electrons. The van der Waals surface area contributed by atoms with Crippen LogP contribution in [0.2, 0.25) is 0 Å². The lowest BCUT2D eigenvalue weighted by molar-refractivity contribution is 0.454. The number of para-hydroxylation sites is 1. The maximum Gasteiger partial charge on any atom is 0.145 e. The molecule has 0 aliphatic carbocycles. The predicted molar refractivity (Wildman–Crippen MR) is 81.1 cm³/mol. The highest BCUT2D eigenvalue weighted by Gasteiger charge is 2.19. The average molecular weight is 265 g/mol. The number of benzene rings is 2. The molecule has 20 heavy (non-hydrogen) atoms. The Morgan fingerprint density at radius 3 is 2.35 bits per heavy atom. The fourth-order valence-electron chi connectivity index (χ4n) is 2.11. The van der Waals surface area contributed by atoms with E-state index in [1.807, 2.05) is 43.3 Å². The number of aryl methyl sites for hydroxylation is 1. The predicted octanol–water partition coefficient (Wildman–Crippen LogP) is 4.96. The molecule has 2 aromatic rings. The Bertz CT molecular complexity index is 660. The molecule has 0 unspecified atom stereocenters. The molecule has 0 saturated heterocycles. The number of nitrogens with zero attached hydrogens (tertiary/aromatic N) is 1. The zero-order chi connectivity index (χ0) is 14.8. The van der Waals surface area contributed by atoms with Gasteiger partial charge in [0.2, 0.25) is 0 Å². The minimum Gasteiger partial charge on any atom is -0.456 e. The zero-order valence-electron chi connectivity index (χ0n) is 12.4. The maximum absolute atomic E-state index is 9.22. The molecule has 0 atom stereocenters. The summed E-state index contributed by atoms with van der Waals surface area (Å²) in [6.07, 6.45) is 0. The van der Waals surface area contributed by atoms with Crippen molar-refractivity contribution in [3.05, 3.63) is 59.2 Å². The highest BCUT2D eigenvalue weighted by atomic mass is 16.5. The van der Waals surface area contributed by atoms with Crippen molar-refractivity contribution >= 4 is 0 Å². The van der Waals surface area contributed by atoms with Crippen LogP contribution in [0.4, 0.5) is 0 Å². The number of rotatable bonds is 2. The Kier molecular flexibility index (Phi) is 3.81. The van der Waals surface area contributed by atoms with Gasteiger partial charge in [0, 0.05) is 5.56 Å². The second-order valence-corrected chi connectivity index (χ2v) is 5.96. The first-order valence-electron chi connectivity index (χ1n) is 6.70. The summed E-state index contributed by atoms with van der Waals surface area (Å²) in [5.74, 6) is 1.41. The molecule has 0 N–H and O–H groups in total. The van der Waals surface area contributed by atoms with E-state index in [0.29, 0.717) is 11.3 Å². The largest absolute Gasteiger partial charge is 0.456 e. The van der Waals surface area contributed by atoms with Crippen LogP contribution in [0.1, 0.15) is 37.5 Å². The van der Waals surface area contributed by atoms with E-state index in [0.717, 1.165) is 16.9 Å². The number of hydrogen-bond donors (Lipinski definition) is 0. The summed E-state index contributed by atoms with van der Waals surface area (Å²) in [4.78, 5) is 0. The summed E-state index contributed by atoms with van der Waals surface area (Å²) < 4.78 is 5.99.